The lowest BCUT2D eigenvalue weighted by Crippen LogP contribution is -2.19. The van der Waals surface area contributed by atoms with Gasteiger partial charge < -0.3 is 15.2 Å². The third kappa shape index (κ3) is 3.65. The molecule has 0 fully saturated rings. The van der Waals surface area contributed by atoms with Gasteiger partial charge in [-0.2, -0.15) is 9.78 Å². The molecule has 0 bridgehead atoms. The molecule has 0 atom stereocenters. The van der Waals surface area contributed by atoms with Crippen molar-refractivity contribution >= 4 is 33.9 Å². The number of ether oxygens (including phenoxy) is 2. The van der Waals surface area contributed by atoms with Gasteiger partial charge in [0.15, 0.2) is 17.2 Å². The van der Waals surface area contributed by atoms with Gasteiger partial charge in [-0.3, -0.25) is 4.79 Å². The third-order valence-electron chi connectivity index (χ3n) is 4.48. The lowest BCUT2D eigenvalue weighted by molar-refractivity contribution is 0.0950. The maximum Gasteiger partial charge on any atom is 0.294 e. The van der Waals surface area contributed by atoms with Crippen LogP contribution < -0.4 is 20.6 Å². The van der Waals surface area contributed by atoms with Crippen molar-refractivity contribution in [2.45, 2.75) is 0 Å². The fraction of sp³-hybridized carbons (Fsp3) is 0.0526. The number of fused-ring (bicyclic) bond motifs is 1. The molecule has 0 radical (unpaired) electrons. The largest absolute Gasteiger partial charge is 0.454 e. The molecular weight excluding hydrogens is 484 g/mol. The summed E-state index contributed by atoms with van der Waals surface area (Å²) >= 11 is 3.37. The van der Waals surface area contributed by atoms with Crippen molar-refractivity contribution < 1.29 is 18.9 Å². The van der Waals surface area contributed by atoms with Crippen LogP contribution in [-0.4, -0.2) is 44.2 Å². The van der Waals surface area contributed by atoms with Crippen molar-refractivity contribution in [2.24, 2.45) is 5.10 Å². The number of carbonyl (C=O) groups excluding carboxylic acids is 1. The molecule has 0 saturated heterocycles. The minimum Gasteiger partial charge on any atom is -0.454 e. The molecule has 1 aliphatic heterocycles. The average molecular weight is 497 g/mol. The molecule has 4 aromatic rings. The molecule has 2 aromatic carbocycles. The van der Waals surface area contributed by atoms with E-state index in [1.54, 1.807) is 18.2 Å². The number of carbonyl (C=O) groups is 1. The Morgan fingerprint density at radius 1 is 1.16 bits per heavy atom. The highest BCUT2D eigenvalue weighted by atomic mass is 79.9. The Labute approximate surface area is 188 Å². The minimum atomic E-state index is -0.590. The first-order chi connectivity index (χ1) is 15.6. The van der Waals surface area contributed by atoms with Gasteiger partial charge in [0.05, 0.1) is 6.21 Å². The third-order valence-corrected chi connectivity index (χ3v) is 5.01. The fourth-order valence-corrected chi connectivity index (χ4v) is 3.26. The van der Waals surface area contributed by atoms with Crippen LogP contribution in [0, 0.1) is 0 Å². The predicted octanol–water partition coefficient (Wildman–Crippen LogP) is 2.15. The Morgan fingerprint density at radius 3 is 2.75 bits per heavy atom. The summed E-state index contributed by atoms with van der Waals surface area (Å²) in [6.45, 7) is 0.106. The van der Waals surface area contributed by atoms with Crippen molar-refractivity contribution in [3.05, 3.63) is 58.2 Å². The number of nitrogens with two attached hydrogens (primary N) is 1. The number of benzene rings is 2. The zero-order chi connectivity index (χ0) is 22.1. The van der Waals surface area contributed by atoms with Crippen LogP contribution in [0.15, 0.2) is 56.7 Å². The Kier molecular flexibility index (Phi) is 4.99. The molecule has 5 rings (SSSR count). The second-order valence-corrected chi connectivity index (χ2v) is 7.41. The van der Waals surface area contributed by atoms with Crippen LogP contribution in [0.2, 0.25) is 0 Å². The number of amides is 1. The second kappa shape index (κ2) is 8.11. The maximum absolute atomic E-state index is 12.9. The number of rotatable bonds is 5. The molecule has 32 heavy (non-hydrogen) atoms. The fourth-order valence-electron chi connectivity index (χ4n) is 2.99. The molecule has 1 amide bonds. The summed E-state index contributed by atoms with van der Waals surface area (Å²) in [5, 5.41) is 19.3. The number of nitrogens with one attached hydrogen (secondary N) is 1. The molecule has 2 aromatic heterocycles. The number of halogens is 1. The van der Waals surface area contributed by atoms with Crippen molar-refractivity contribution in [3.8, 4) is 28.6 Å². The number of nitrogens with zero attached hydrogens (tertiary/aromatic N) is 6. The van der Waals surface area contributed by atoms with Gasteiger partial charge in [-0.05, 0) is 46.2 Å². The molecule has 1 aliphatic rings. The summed E-state index contributed by atoms with van der Waals surface area (Å²) in [5.74, 6) is 0.577. The predicted molar refractivity (Wildman–Crippen MR) is 114 cm³/mol. The molecule has 0 unspecified atom stereocenters. The number of hydrogen-bond donors (Lipinski definition) is 2. The van der Waals surface area contributed by atoms with Gasteiger partial charge in [-0.15, -0.1) is 5.10 Å². The first kappa shape index (κ1) is 19.7. The quantitative estimate of drug-likeness (QED) is 0.312. The lowest BCUT2D eigenvalue weighted by Gasteiger charge is -2.07. The molecule has 0 aliphatic carbocycles. The Hall–Kier alpha value is -4.26. The monoisotopic (exact) mass is 496 g/mol. The average Bonchev–Trinajstić information content (AvgIpc) is 3.53. The van der Waals surface area contributed by atoms with E-state index in [9.17, 15) is 4.79 Å². The zero-order valence-electron chi connectivity index (χ0n) is 16.1. The number of aromatic nitrogens is 5. The second-order valence-electron chi connectivity index (χ2n) is 6.49. The summed E-state index contributed by atoms with van der Waals surface area (Å²) in [4.78, 5) is 12.9. The van der Waals surface area contributed by atoms with Crippen LogP contribution in [0.25, 0.3) is 17.1 Å². The van der Waals surface area contributed by atoms with E-state index in [2.05, 4.69) is 51.7 Å². The van der Waals surface area contributed by atoms with Crippen LogP contribution in [0.5, 0.6) is 11.5 Å². The van der Waals surface area contributed by atoms with E-state index in [4.69, 9.17) is 15.2 Å². The summed E-state index contributed by atoms with van der Waals surface area (Å²) in [6.07, 6.45) is 1.51. The van der Waals surface area contributed by atoms with E-state index in [-0.39, 0.29) is 24.1 Å². The van der Waals surface area contributed by atoms with Crippen LogP contribution in [-0.2, 0) is 0 Å². The van der Waals surface area contributed by atoms with E-state index < -0.39 is 5.91 Å². The van der Waals surface area contributed by atoms with Crippen LogP contribution in [0.1, 0.15) is 16.1 Å². The number of hydrazone groups is 1. The minimum absolute atomic E-state index is 0.0146. The van der Waals surface area contributed by atoms with Crippen molar-refractivity contribution in [1.82, 2.24) is 30.7 Å². The maximum atomic E-state index is 12.9. The lowest BCUT2D eigenvalue weighted by atomic mass is 10.1. The highest BCUT2D eigenvalue weighted by Gasteiger charge is 2.26. The molecule has 3 heterocycles. The number of hydrogen-bond acceptors (Lipinski definition) is 10. The summed E-state index contributed by atoms with van der Waals surface area (Å²) in [5.41, 5.74) is 9.91. The van der Waals surface area contributed by atoms with Gasteiger partial charge in [0.25, 0.3) is 5.91 Å². The molecule has 13 heteroatoms. The van der Waals surface area contributed by atoms with E-state index in [0.717, 1.165) is 10.0 Å². The van der Waals surface area contributed by atoms with Gasteiger partial charge in [-0.25, -0.2) is 10.1 Å². The SMILES string of the molecule is Nc1nonc1-n1nnc(C(=O)N/N=C/c2ccc(Br)cc2)c1-c1ccc2c(c1)OCO2. The highest BCUT2D eigenvalue weighted by molar-refractivity contribution is 9.10. The van der Waals surface area contributed by atoms with Gasteiger partial charge >= 0.3 is 0 Å². The summed E-state index contributed by atoms with van der Waals surface area (Å²) in [6, 6.07) is 12.6. The van der Waals surface area contributed by atoms with Crippen LogP contribution >= 0.6 is 15.9 Å². The molecule has 3 N–H and O–H groups in total. The van der Waals surface area contributed by atoms with Crippen molar-refractivity contribution in [1.29, 1.82) is 0 Å². The smallest absolute Gasteiger partial charge is 0.294 e. The molecule has 160 valence electrons. The van der Waals surface area contributed by atoms with Crippen molar-refractivity contribution in [2.75, 3.05) is 12.5 Å². The number of anilines is 1. The molecule has 0 spiro atoms. The van der Waals surface area contributed by atoms with Crippen LogP contribution in [0.3, 0.4) is 0 Å². The van der Waals surface area contributed by atoms with Gasteiger partial charge in [-0.1, -0.05) is 33.3 Å². The van der Waals surface area contributed by atoms with Gasteiger partial charge in [0.2, 0.25) is 18.4 Å². The Balaban J connectivity index is 1.51. The number of nitrogen functional groups attached to an aromatic ring is 1. The normalized spacial score (nSPS) is 12.4. The first-order valence-corrected chi connectivity index (χ1v) is 9.92. The molecular formula is C19H13BrN8O4. The van der Waals surface area contributed by atoms with E-state index >= 15 is 0 Å². The highest BCUT2D eigenvalue weighted by Crippen LogP contribution is 2.37. The van der Waals surface area contributed by atoms with Gasteiger partial charge in [0.1, 0.15) is 5.69 Å². The zero-order valence-corrected chi connectivity index (χ0v) is 17.7. The van der Waals surface area contributed by atoms with E-state index in [0.29, 0.717) is 22.8 Å². The molecule has 0 saturated carbocycles. The van der Waals surface area contributed by atoms with E-state index in [1.807, 2.05) is 24.3 Å². The van der Waals surface area contributed by atoms with Crippen LogP contribution in [0.4, 0.5) is 5.82 Å². The van der Waals surface area contributed by atoms with Crippen molar-refractivity contribution in [3.63, 3.8) is 0 Å². The molecule has 12 nitrogen and oxygen atoms in total. The first-order valence-electron chi connectivity index (χ1n) is 9.13. The summed E-state index contributed by atoms with van der Waals surface area (Å²) < 4.78 is 17.7. The standard InChI is InChI=1S/C19H13BrN8O4/c20-12-4-1-10(2-5-12)8-22-24-19(29)15-16(11-3-6-13-14(7-11)31-9-30-13)28(27-23-15)18-17(21)25-32-26-18/h1-8H,9H2,(H2,21,25)(H,24,29)/b22-8+. The van der Waals surface area contributed by atoms with E-state index in [1.165, 1.54) is 10.9 Å². The Bertz CT molecular complexity index is 1330. The Morgan fingerprint density at radius 2 is 1.97 bits per heavy atom. The topological polar surface area (TPSA) is 156 Å². The van der Waals surface area contributed by atoms with Gasteiger partial charge in [0, 0.05) is 10.0 Å². The summed E-state index contributed by atoms with van der Waals surface area (Å²) in [7, 11) is 0.